The Morgan fingerprint density at radius 1 is 0.296 bits per heavy atom. The van der Waals surface area contributed by atoms with E-state index >= 15 is 0 Å². The Morgan fingerprint density at radius 3 is 0.333 bits per heavy atom. The van der Waals surface area contributed by atoms with Gasteiger partial charge in [0.25, 0.3) is 0 Å². The Balaban J connectivity index is -0.00000000410. The van der Waals surface area contributed by atoms with Gasteiger partial charge in [0.2, 0.25) is 0 Å². The SMILES string of the molecule is C.C.C.C.C.CC.CC.CC.CC.CC.CC.CC.CC.CC.CCCC.[3HH].[3H][3H]. The summed E-state index contributed by atoms with van der Waals surface area (Å²) in [5.74, 6) is 0. The molecule has 0 aromatic carbocycles. The summed E-state index contributed by atoms with van der Waals surface area (Å²) in [6.07, 6.45) is 2.64. The van der Waals surface area contributed by atoms with Gasteiger partial charge in [-0.05, 0) is 0 Å². The minimum absolute atomic E-state index is 0. The van der Waals surface area contributed by atoms with Crippen LogP contribution in [0.25, 0.3) is 0 Å². The van der Waals surface area contributed by atoms with Gasteiger partial charge in [0, 0.05) is 4.40 Å². The molecule has 0 unspecified atom stereocenters. The highest BCUT2D eigenvalue weighted by atomic mass is 13.6. The first kappa shape index (κ1) is 108. The van der Waals surface area contributed by atoms with Gasteiger partial charge in [-0.3, -0.25) is 0 Å². The zero-order valence-electron chi connectivity index (χ0n) is 23.4. The molecule has 0 nitrogen and oxygen atoms in total. The molecule has 27 heavy (non-hydrogen) atoms. The van der Waals surface area contributed by atoms with Crippen LogP contribution in [0, 0.1) is 0 Å². The molecule has 0 amide bonds. The van der Waals surface area contributed by atoms with E-state index in [0.29, 0.717) is 0 Å². The van der Waals surface area contributed by atoms with Crippen LogP contribution < -0.4 is 0 Å². The van der Waals surface area contributed by atoms with Crippen LogP contribution >= 0.6 is 0 Å². The van der Waals surface area contributed by atoms with E-state index in [9.17, 15) is 0 Å². The molecule has 0 N–H and O–H groups in total. The summed E-state index contributed by atoms with van der Waals surface area (Å²) < 4.78 is 10.0. The highest BCUT2D eigenvalue weighted by molar-refractivity contribution is 4.12. The van der Waals surface area contributed by atoms with E-state index in [1.807, 2.05) is 125 Å². The first-order valence-corrected chi connectivity index (χ1v) is 10.9. The number of unbranched alkanes of at least 4 members (excludes halogenated alkanes) is 1. The van der Waals surface area contributed by atoms with E-state index in [-0.39, 0.29) is 38.6 Å². The molecule has 0 bridgehead atoms. The third-order valence-corrected chi connectivity index (χ3v) is 0.500. The monoisotopic (exact) mass is 419 g/mol. The highest BCUT2D eigenvalue weighted by Crippen LogP contribution is 1.76. The Labute approximate surface area is 193 Å². The molecule has 0 atom stereocenters. The van der Waals surface area contributed by atoms with Crippen LogP contribution in [0.4, 0.5) is 0 Å². The summed E-state index contributed by atoms with van der Waals surface area (Å²) in [5, 5.41) is 0. The molecule has 0 rings (SSSR count). The summed E-state index contributed by atoms with van der Waals surface area (Å²) in [5.41, 5.74) is 0. The van der Waals surface area contributed by atoms with E-state index in [1.54, 1.807) is 0 Å². The molecule has 0 heteroatoms. The largest absolute Gasteiger partial charge is 0.0776 e. The average molecular weight is 419 g/mol. The van der Waals surface area contributed by atoms with E-state index in [2.05, 4.69) is 13.8 Å². The number of hydrogen-bond donors (Lipinski definition) is 0. The fourth-order valence-electron chi connectivity index (χ4n) is 0. The van der Waals surface area contributed by atoms with E-state index < -0.39 is 0 Å². The molecule has 196 valence electrons. The van der Waals surface area contributed by atoms with Crippen LogP contribution in [0.3, 0.4) is 0 Å². The van der Waals surface area contributed by atoms with E-state index in [1.165, 1.54) is 12.8 Å². The van der Waals surface area contributed by atoms with Crippen molar-refractivity contribution in [2.24, 2.45) is 0 Å². The molecular formula is C27H88. The van der Waals surface area contributed by atoms with Gasteiger partial charge in [0.05, 0.1) is 0 Å². The molecule has 0 saturated heterocycles. The molecule has 0 radical (unpaired) electrons. The Morgan fingerprint density at radius 2 is 0.333 bits per heavy atom. The van der Waals surface area contributed by atoms with Crippen molar-refractivity contribution in [1.29, 1.82) is 0 Å². The number of hydrogen-bond acceptors (Lipinski definition) is 0. The van der Waals surface area contributed by atoms with E-state index in [0.717, 1.165) is 0 Å². The van der Waals surface area contributed by atoms with Crippen LogP contribution in [0.5, 0.6) is 0 Å². The quantitative estimate of drug-likeness (QED) is 0.397. The Hall–Kier alpha value is 0. The maximum absolute atomic E-state index is 5.00. The van der Waals surface area contributed by atoms with Gasteiger partial charge in [-0.25, -0.2) is 0 Å². The minimum Gasteiger partial charge on any atom is -0.0776 e. The maximum atomic E-state index is 5.00. The molecular weight excluding hydrogens is 324 g/mol. The fraction of sp³-hybridized carbons (Fsp3) is 1.00. The lowest BCUT2D eigenvalue weighted by molar-refractivity contribution is 0.886. The fourth-order valence-corrected chi connectivity index (χ4v) is 0. The van der Waals surface area contributed by atoms with Gasteiger partial charge in [-0.15, -0.1) is 0 Å². The normalized spacial score (nSPS) is 3.41. The van der Waals surface area contributed by atoms with Crippen molar-refractivity contribution in [3.8, 4) is 0 Å². The van der Waals surface area contributed by atoms with Gasteiger partial charge >= 0.3 is 0 Å². The predicted octanol–water partition coefficient (Wildman–Crippen LogP) is 14.7. The van der Waals surface area contributed by atoms with Gasteiger partial charge in [-0.1, -0.05) is 188 Å². The van der Waals surface area contributed by atoms with Crippen molar-refractivity contribution in [2.45, 2.75) is 188 Å². The molecule has 0 aromatic heterocycles. The standard InChI is InChI=1S/C4H10.9C2H6.5CH4.2H2/c1-3-4-2;9*1-2;;;;;;;/h3-4H2,1-2H3;9*1-2H3;5*1H4;2*1H/i;;;;;;;;;;;;;;;1+2T;1+2. The van der Waals surface area contributed by atoms with Crippen LogP contribution in [-0.4, -0.2) is 0 Å². The summed E-state index contributed by atoms with van der Waals surface area (Å²) in [6, 6.07) is 0. The zero-order valence-corrected chi connectivity index (χ0v) is 21.4. The molecule has 0 heterocycles. The summed E-state index contributed by atoms with van der Waals surface area (Å²) in [7, 11) is 0. The van der Waals surface area contributed by atoms with E-state index in [4.69, 9.17) is 2.97 Å². The van der Waals surface area contributed by atoms with Crippen molar-refractivity contribution >= 4 is 0 Å². The Kier molecular flexibility index (Phi) is 16200. The molecule has 0 aromatic rings. The smallest absolute Gasteiger partial charge is 0 e. The first-order chi connectivity index (χ1) is 11.9. The minimum atomic E-state index is 0. The van der Waals surface area contributed by atoms with Crippen LogP contribution in [0.15, 0.2) is 0 Å². The van der Waals surface area contributed by atoms with Gasteiger partial charge in [0.15, 0.2) is 0 Å². The molecule has 0 aliphatic heterocycles. The first-order valence-electron chi connectivity index (χ1n) is 11.9. The van der Waals surface area contributed by atoms with Crippen molar-refractivity contribution in [1.82, 2.24) is 0 Å². The maximum Gasteiger partial charge on any atom is 0 e. The van der Waals surface area contributed by atoms with Crippen molar-refractivity contribution in [3.63, 3.8) is 0 Å². The predicted molar refractivity (Wildman–Crippen MR) is 161 cm³/mol. The van der Waals surface area contributed by atoms with Gasteiger partial charge in [-0.2, -0.15) is 0 Å². The van der Waals surface area contributed by atoms with Crippen LogP contribution in [0.2, 0.25) is 0 Å². The van der Waals surface area contributed by atoms with Crippen molar-refractivity contribution < 1.29 is 4.40 Å². The van der Waals surface area contributed by atoms with Crippen LogP contribution in [-0.2, 0) is 0 Å². The second-order valence-corrected chi connectivity index (χ2v) is 1.000. The molecule has 0 spiro atoms. The third kappa shape index (κ3) is 15000. The second kappa shape index (κ2) is 4060. The van der Waals surface area contributed by atoms with Crippen LogP contribution in [0.1, 0.15) is 193 Å². The lowest BCUT2D eigenvalue weighted by Gasteiger charge is -1.68. The lowest BCUT2D eigenvalue weighted by atomic mass is 10.4. The average Bonchev–Trinajstić information content (AvgIpc) is 2.81. The highest BCUT2D eigenvalue weighted by Gasteiger charge is 1.56. The summed E-state index contributed by atoms with van der Waals surface area (Å²) in [4.78, 5) is 0. The topological polar surface area (TPSA) is 0 Å². The van der Waals surface area contributed by atoms with Gasteiger partial charge in [0.1, 0.15) is 0 Å². The third-order valence-electron chi connectivity index (χ3n) is 0.500. The molecule has 0 aliphatic carbocycles. The molecule has 0 aliphatic rings. The molecule has 0 fully saturated rings. The summed E-state index contributed by atoms with van der Waals surface area (Å²) in [6.45, 7) is 40.4. The van der Waals surface area contributed by atoms with Crippen molar-refractivity contribution in [2.75, 3.05) is 0 Å². The van der Waals surface area contributed by atoms with Crippen molar-refractivity contribution in [3.05, 3.63) is 0 Å². The Bertz CT molecular complexity index is 16.1. The number of rotatable bonds is 1. The van der Waals surface area contributed by atoms with Gasteiger partial charge < -0.3 is 0 Å². The second-order valence-electron chi connectivity index (χ2n) is 1.000. The zero-order chi connectivity index (χ0) is 23.4. The molecule has 0 saturated carbocycles. The lowest BCUT2D eigenvalue weighted by Crippen LogP contribution is -1.47. The summed E-state index contributed by atoms with van der Waals surface area (Å²) >= 11 is 0.